The highest BCUT2D eigenvalue weighted by Crippen LogP contribution is 2.83. The molecule has 1 heteroatoms. The van der Waals surface area contributed by atoms with E-state index in [0.717, 1.165) is 6.42 Å². The van der Waals surface area contributed by atoms with Crippen LogP contribution in [0.5, 0.6) is 0 Å². The summed E-state index contributed by atoms with van der Waals surface area (Å²) in [5, 5.41) is 10.2. The van der Waals surface area contributed by atoms with Crippen molar-refractivity contribution in [3.8, 4) is 6.07 Å². The van der Waals surface area contributed by atoms with Crippen molar-refractivity contribution < 1.29 is 0 Å². The second-order valence-electron chi connectivity index (χ2n) is 9.57. The number of rotatable bonds is 3. The zero-order valence-electron chi connectivity index (χ0n) is 17.5. The van der Waals surface area contributed by atoms with E-state index in [9.17, 15) is 5.26 Å². The minimum atomic E-state index is -0.0377. The molecule has 144 valence electrons. The molecule has 0 bridgehead atoms. The third-order valence-corrected chi connectivity index (χ3v) is 8.07. The van der Waals surface area contributed by atoms with Crippen molar-refractivity contribution in [1.82, 2.24) is 0 Å². The summed E-state index contributed by atoms with van der Waals surface area (Å²) in [6.45, 7) is 7.10. The van der Waals surface area contributed by atoms with Gasteiger partial charge in [-0.05, 0) is 30.1 Å². The molecule has 2 rings (SSSR count). The average Bonchev–Trinajstić information content (AvgIpc) is 3.02. The molecule has 0 radical (unpaired) electrons. The molecule has 0 N–H and O–H groups in total. The zero-order chi connectivity index (χ0) is 18.2. The van der Waals surface area contributed by atoms with Gasteiger partial charge in [-0.25, -0.2) is 0 Å². The van der Waals surface area contributed by atoms with Gasteiger partial charge in [0.15, 0.2) is 0 Å². The van der Waals surface area contributed by atoms with Crippen LogP contribution in [0.15, 0.2) is 0 Å². The third kappa shape index (κ3) is 4.09. The Bertz CT molecular complexity index is 414. The van der Waals surface area contributed by atoms with Crippen LogP contribution in [0, 0.1) is 27.6 Å². The zero-order valence-corrected chi connectivity index (χ0v) is 17.5. The fourth-order valence-corrected chi connectivity index (χ4v) is 6.25. The van der Waals surface area contributed by atoms with Gasteiger partial charge >= 0.3 is 0 Å². The lowest BCUT2D eigenvalue weighted by molar-refractivity contribution is 0.285. The molecule has 2 fully saturated rings. The molecule has 0 aromatic carbocycles. The van der Waals surface area contributed by atoms with E-state index in [-0.39, 0.29) is 10.8 Å². The number of hydrogen-bond acceptors (Lipinski definition) is 1. The molecule has 1 nitrogen and oxygen atoms in total. The summed E-state index contributed by atoms with van der Waals surface area (Å²) in [5.41, 5.74) is 0.492. The summed E-state index contributed by atoms with van der Waals surface area (Å²) in [7, 11) is 0. The van der Waals surface area contributed by atoms with E-state index in [1.807, 2.05) is 0 Å². The fourth-order valence-electron chi connectivity index (χ4n) is 6.25. The molecule has 2 aliphatic rings. The van der Waals surface area contributed by atoms with Crippen molar-refractivity contribution >= 4 is 0 Å². The lowest BCUT2D eigenvalue weighted by Crippen LogP contribution is -2.14. The predicted octanol–water partition coefficient (Wildman–Crippen LogP) is 8.19. The van der Waals surface area contributed by atoms with E-state index in [1.165, 1.54) is 103 Å². The maximum Gasteiger partial charge on any atom is 0.0701 e. The molecule has 0 heterocycles. The molecule has 1 atom stereocenters. The van der Waals surface area contributed by atoms with Crippen molar-refractivity contribution in [3.63, 3.8) is 0 Å². The first-order valence-electron chi connectivity index (χ1n) is 11.5. The van der Waals surface area contributed by atoms with Crippen LogP contribution in [0.4, 0.5) is 0 Å². The van der Waals surface area contributed by atoms with Gasteiger partial charge in [0, 0.05) is 0 Å². The molecule has 2 saturated carbocycles. The van der Waals surface area contributed by atoms with Crippen LogP contribution in [-0.2, 0) is 0 Å². The summed E-state index contributed by atoms with van der Waals surface area (Å²) < 4.78 is 0. The minimum Gasteiger partial charge on any atom is -0.198 e. The maximum absolute atomic E-state index is 10.2. The van der Waals surface area contributed by atoms with Gasteiger partial charge in [-0.3, -0.25) is 0 Å². The molecule has 0 amide bonds. The Morgan fingerprint density at radius 3 is 1.48 bits per heavy atom. The molecule has 1 spiro atoms. The summed E-state index contributed by atoms with van der Waals surface area (Å²) in [6.07, 6.45) is 23.1. The number of unbranched alkanes of at least 4 members (excludes halogenated alkanes) is 1. The van der Waals surface area contributed by atoms with Crippen LogP contribution in [0.2, 0.25) is 0 Å². The van der Waals surface area contributed by atoms with E-state index in [1.54, 1.807) is 0 Å². The first-order valence-corrected chi connectivity index (χ1v) is 11.5. The monoisotopic (exact) mass is 345 g/mol. The quantitative estimate of drug-likeness (QED) is 0.505. The van der Waals surface area contributed by atoms with E-state index in [0.29, 0.717) is 5.41 Å². The summed E-state index contributed by atoms with van der Waals surface area (Å²) in [5.74, 6) is 0. The van der Waals surface area contributed by atoms with Crippen LogP contribution in [0.3, 0.4) is 0 Å². The minimum absolute atomic E-state index is 0.0377. The van der Waals surface area contributed by atoms with Gasteiger partial charge in [0.05, 0.1) is 11.5 Å². The molecule has 1 unspecified atom stereocenters. The molecule has 0 aliphatic heterocycles. The number of hydrogen-bond donors (Lipinski definition) is 0. The normalized spacial score (nSPS) is 30.8. The molecule has 25 heavy (non-hydrogen) atoms. The predicted molar refractivity (Wildman–Crippen MR) is 108 cm³/mol. The van der Waals surface area contributed by atoms with E-state index in [4.69, 9.17) is 0 Å². The topological polar surface area (TPSA) is 23.8 Å². The van der Waals surface area contributed by atoms with Crippen LogP contribution in [0.1, 0.15) is 130 Å². The lowest BCUT2D eigenvalue weighted by Gasteiger charge is -2.22. The molecule has 2 aliphatic carbocycles. The van der Waals surface area contributed by atoms with Crippen LogP contribution in [-0.4, -0.2) is 0 Å². The smallest absolute Gasteiger partial charge is 0.0701 e. The van der Waals surface area contributed by atoms with Crippen LogP contribution in [0.25, 0.3) is 0 Å². The van der Waals surface area contributed by atoms with Crippen molar-refractivity contribution in [2.45, 2.75) is 130 Å². The highest BCUT2D eigenvalue weighted by atomic mass is 14.8. The summed E-state index contributed by atoms with van der Waals surface area (Å²) >= 11 is 0. The fraction of sp³-hybridized carbons (Fsp3) is 0.958. The Hall–Kier alpha value is -0.510. The average molecular weight is 346 g/mol. The van der Waals surface area contributed by atoms with Crippen molar-refractivity contribution in [1.29, 1.82) is 5.26 Å². The first kappa shape index (κ1) is 20.8. The van der Waals surface area contributed by atoms with Gasteiger partial charge in [-0.1, -0.05) is 111 Å². The number of nitrogens with zero attached hydrogens (tertiary/aromatic N) is 1. The highest BCUT2D eigenvalue weighted by Gasteiger charge is 2.80. The third-order valence-electron chi connectivity index (χ3n) is 8.07. The van der Waals surface area contributed by atoms with Gasteiger partial charge in [-0.15, -0.1) is 0 Å². The number of nitriles is 1. The van der Waals surface area contributed by atoms with Crippen LogP contribution < -0.4 is 0 Å². The largest absolute Gasteiger partial charge is 0.198 e. The van der Waals surface area contributed by atoms with Gasteiger partial charge in [0.2, 0.25) is 0 Å². The van der Waals surface area contributed by atoms with Crippen molar-refractivity contribution in [2.24, 2.45) is 16.2 Å². The lowest BCUT2D eigenvalue weighted by atomic mass is 9.81. The Morgan fingerprint density at radius 1 is 0.720 bits per heavy atom. The van der Waals surface area contributed by atoms with Crippen molar-refractivity contribution in [3.05, 3.63) is 0 Å². The first-order chi connectivity index (χ1) is 12.1. The Kier molecular flexibility index (Phi) is 7.85. The molecule has 0 aromatic rings. The van der Waals surface area contributed by atoms with Crippen molar-refractivity contribution in [2.75, 3.05) is 0 Å². The maximum atomic E-state index is 10.2. The molecule has 0 saturated heterocycles. The van der Waals surface area contributed by atoms with Crippen LogP contribution >= 0.6 is 0 Å². The summed E-state index contributed by atoms with van der Waals surface area (Å²) in [6, 6.07) is 2.88. The van der Waals surface area contributed by atoms with Gasteiger partial charge in [0.1, 0.15) is 0 Å². The molecular weight excluding hydrogens is 302 g/mol. The molecular formula is C24H43N. The standard InChI is InChI=1S/C24H43N/c1-4-5-18-24(21-25)22(2,3)23(24)19-16-14-12-10-8-6-7-9-11-13-15-17-20-23/h4-20H2,1-3H3. The molecule has 0 aromatic heterocycles. The van der Waals surface area contributed by atoms with Gasteiger partial charge in [-0.2, -0.15) is 5.26 Å². The SMILES string of the molecule is CCCCC1(C#N)C(C)(C)C12CCCCCCCCCCCCCC2. The second kappa shape index (κ2) is 9.43. The Labute approximate surface area is 158 Å². The summed E-state index contributed by atoms with van der Waals surface area (Å²) in [4.78, 5) is 0. The van der Waals surface area contributed by atoms with Gasteiger partial charge in [0.25, 0.3) is 0 Å². The van der Waals surface area contributed by atoms with E-state index in [2.05, 4.69) is 26.8 Å². The highest BCUT2D eigenvalue weighted by molar-refractivity contribution is 5.34. The van der Waals surface area contributed by atoms with E-state index >= 15 is 0 Å². The Morgan fingerprint density at radius 2 is 1.12 bits per heavy atom. The van der Waals surface area contributed by atoms with E-state index < -0.39 is 0 Å². The Balaban J connectivity index is 2.06. The second-order valence-corrected chi connectivity index (χ2v) is 9.57. The van der Waals surface area contributed by atoms with Gasteiger partial charge < -0.3 is 0 Å².